The van der Waals surface area contributed by atoms with E-state index in [1.54, 1.807) is 19.5 Å². The van der Waals surface area contributed by atoms with E-state index in [2.05, 4.69) is 38.4 Å². The van der Waals surface area contributed by atoms with Gasteiger partial charge in [-0.1, -0.05) is 49.4 Å². The summed E-state index contributed by atoms with van der Waals surface area (Å²) in [6.07, 6.45) is 11.7. The minimum atomic E-state index is -0.634. The van der Waals surface area contributed by atoms with Gasteiger partial charge in [-0.3, -0.25) is 14.5 Å². The third kappa shape index (κ3) is 5.39. The number of nitrogens with zero attached hydrogens (tertiary/aromatic N) is 6. The summed E-state index contributed by atoms with van der Waals surface area (Å²) in [6.45, 7) is 6.29. The summed E-state index contributed by atoms with van der Waals surface area (Å²) in [4.78, 5) is 31.3. The van der Waals surface area contributed by atoms with Crippen LogP contribution in [-0.4, -0.2) is 55.5 Å². The smallest absolute Gasteiger partial charge is 0.381 e. The largest absolute Gasteiger partial charge is 0.439 e. The molecule has 1 aliphatic heterocycles. The normalized spacial score (nSPS) is 23.6. The quantitative estimate of drug-likeness (QED) is 0.303. The third-order valence-corrected chi connectivity index (χ3v) is 8.89. The summed E-state index contributed by atoms with van der Waals surface area (Å²) in [7, 11) is 1.79. The first-order chi connectivity index (χ1) is 19.4. The van der Waals surface area contributed by atoms with Crippen LogP contribution in [0.15, 0.2) is 33.8 Å². The lowest BCUT2D eigenvalue weighted by atomic mass is 9.81. The zero-order chi connectivity index (χ0) is 27.8. The number of rotatable bonds is 7. The van der Waals surface area contributed by atoms with Gasteiger partial charge >= 0.3 is 5.76 Å². The Balaban J connectivity index is 1.50. The predicted molar refractivity (Wildman–Crippen MR) is 154 cm³/mol. The molecule has 11 heteroatoms. The van der Waals surface area contributed by atoms with Crippen LogP contribution in [0.3, 0.4) is 0 Å². The number of imidazole rings is 1. The molecule has 40 heavy (non-hydrogen) atoms. The van der Waals surface area contributed by atoms with E-state index in [1.807, 2.05) is 12.1 Å². The molecule has 0 spiro atoms. The summed E-state index contributed by atoms with van der Waals surface area (Å²) >= 11 is 6.39. The minimum absolute atomic E-state index is 0.249. The van der Waals surface area contributed by atoms with Crippen LogP contribution in [0.1, 0.15) is 58.8 Å². The van der Waals surface area contributed by atoms with Gasteiger partial charge in [0.05, 0.1) is 27.9 Å². The number of piperidine rings is 1. The van der Waals surface area contributed by atoms with E-state index >= 15 is 0 Å². The maximum absolute atomic E-state index is 11.8. The number of hydrogen-bond acceptors (Lipinski definition) is 8. The van der Waals surface area contributed by atoms with Crippen LogP contribution in [0.2, 0.25) is 5.02 Å². The molecule has 2 fully saturated rings. The molecule has 4 aromatic rings. The first-order valence-corrected chi connectivity index (χ1v) is 14.7. The SMILES string of the molecule is COC1CCN(c2nc3cc(-c4noc(=O)[nH]4)nc(-c4cncc(Cl)c4)c3n2CCC2CCC(C)CC2)C(C)C1. The number of anilines is 1. The maximum atomic E-state index is 11.8. The Kier molecular flexibility index (Phi) is 7.63. The number of H-pyrrole nitrogens is 1. The average molecular weight is 566 g/mol. The van der Waals surface area contributed by atoms with Gasteiger partial charge in [-0.15, -0.1) is 0 Å². The van der Waals surface area contributed by atoms with Crippen LogP contribution in [0.4, 0.5) is 5.95 Å². The minimum Gasteiger partial charge on any atom is -0.381 e. The van der Waals surface area contributed by atoms with Crippen molar-refractivity contribution in [1.29, 1.82) is 0 Å². The Morgan fingerprint density at radius 2 is 1.95 bits per heavy atom. The highest BCUT2D eigenvalue weighted by Crippen LogP contribution is 2.37. The lowest BCUT2D eigenvalue weighted by Gasteiger charge is -2.38. The number of aromatic amines is 1. The van der Waals surface area contributed by atoms with E-state index in [4.69, 9.17) is 30.8 Å². The van der Waals surface area contributed by atoms with Gasteiger partial charge in [0.25, 0.3) is 0 Å². The molecule has 1 saturated carbocycles. The summed E-state index contributed by atoms with van der Waals surface area (Å²) in [6, 6.07) is 4.00. The van der Waals surface area contributed by atoms with Gasteiger partial charge in [0.1, 0.15) is 5.69 Å². The third-order valence-electron chi connectivity index (χ3n) is 8.68. The van der Waals surface area contributed by atoms with E-state index in [9.17, 15) is 4.79 Å². The number of pyridine rings is 2. The lowest BCUT2D eigenvalue weighted by Crippen LogP contribution is -2.44. The van der Waals surface area contributed by atoms with E-state index in [1.165, 1.54) is 25.7 Å². The first kappa shape index (κ1) is 27.0. The Labute approximate surface area is 238 Å². The molecular formula is C29H36ClN7O3. The topological polar surface area (TPSA) is 115 Å². The highest BCUT2D eigenvalue weighted by Gasteiger charge is 2.31. The number of methoxy groups -OCH3 is 1. The van der Waals surface area contributed by atoms with E-state index < -0.39 is 5.76 Å². The van der Waals surface area contributed by atoms with Crippen molar-refractivity contribution in [3.63, 3.8) is 0 Å². The van der Waals surface area contributed by atoms with Crippen LogP contribution < -0.4 is 10.7 Å². The van der Waals surface area contributed by atoms with Crippen LogP contribution in [0, 0.1) is 11.8 Å². The molecule has 0 aromatic carbocycles. The van der Waals surface area contributed by atoms with Crippen molar-refractivity contribution in [2.24, 2.45) is 11.8 Å². The maximum Gasteiger partial charge on any atom is 0.439 e. The molecule has 1 N–H and O–H groups in total. The van der Waals surface area contributed by atoms with Gasteiger partial charge in [0, 0.05) is 44.2 Å². The zero-order valence-corrected chi connectivity index (χ0v) is 24.0. The van der Waals surface area contributed by atoms with Crippen molar-refractivity contribution in [2.45, 2.75) is 77.5 Å². The van der Waals surface area contributed by atoms with Crippen molar-refractivity contribution in [3.05, 3.63) is 40.1 Å². The van der Waals surface area contributed by atoms with Crippen molar-refractivity contribution >= 4 is 28.6 Å². The second-order valence-corrected chi connectivity index (χ2v) is 11.9. The predicted octanol–water partition coefficient (Wildman–Crippen LogP) is 5.71. The fourth-order valence-corrected chi connectivity index (χ4v) is 6.52. The molecule has 6 rings (SSSR count). The van der Waals surface area contributed by atoms with Gasteiger partial charge < -0.3 is 14.2 Å². The molecule has 4 aromatic heterocycles. The Morgan fingerprint density at radius 3 is 2.65 bits per heavy atom. The molecule has 2 aliphatic rings. The molecule has 2 unspecified atom stereocenters. The van der Waals surface area contributed by atoms with Crippen LogP contribution >= 0.6 is 11.6 Å². The van der Waals surface area contributed by atoms with Crippen molar-refractivity contribution in [1.82, 2.24) is 29.7 Å². The van der Waals surface area contributed by atoms with E-state index in [0.717, 1.165) is 60.8 Å². The fourth-order valence-electron chi connectivity index (χ4n) is 6.35. The molecule has 2 atom stereocenters. The second-order valence-electron chi connectivity index (χ2n) is 11.5. The number of hydrogen-bond donors (Lipinski definition) is 1. The van der Waals surface area contributed by atoms with Crippen molar-refractivity contribution in [3.8, 4) is 22.8 Å². The van der Waals surface area contributed by atoms with Gasteiger partial charge in [0.15, 0.2) is 0 Å². The highest BCUT2D eigenvalue weighted by molar-refractivity contribution is 6.30. The molecular weight excluding hydrogens is 530 g/mol. The summed E-state index contributed by atoms with van der Waals surface area (Å²) in [5.74, 6) is 2.07. The summed E-state index contributed by atoms with van der Waals surface area (Å²) in [5, 5.41) is 4.41. The number of aryl methyl sites for hydroxylation is 1. The molecule has 1 aliphatic carbocycles. The standard InChI is InChI=1S/C29H36ClN7O3/c1-17-4-6-19(7-5-17)8-10-37-26-23(33-28(37)36-11-9-22(39-3)12-18(36)2)14-24(27-34-29(38)40-35-27)32-25(26)20-13-21(30)16-31-15-20/h13-19,22H,4-12H2,1-3H3,(H,34,35,38). The molecule has 0 radical (unpaired) electrons. The average Bonchev–Trinajstić information content (AvgIpc) is 3.55. The molecule has 10 nitrogen and oxygen atoms in total. The van der Waals surface area contributed by atoms with Crippen LogP contribution in [0.25, 0.3) is 33.8 Å². The number of nitrogens with one attached hydrogen (secondary N) is 1. The van der Waals surface area contributed by atoms with Crippen molar-refractivity contribution < 1.29 is 9.26 Å². The monoisotopic (exact) mass is 565 g/mol. The van der Waals surface area contributed by atoms with Gasteiger partial charge in [-0.2, -0.15) is 0 Å². The van der Waals surface area contributed by atoms with E-state index in [0.29, 0.717) is 22.3 Å². The number of aromatic nitrogens is 6. The lowest BCUT2D eigenvalue weighted by molar-refractivity contribution is 0.0716. The zero-order valence-electron chi connectivity index (χ0n) is 23.3. The number of ether oxygens (including phenoxy) is 1. The Morgan fingerprint density at radius 1 is 1.12 bits per heavy atom. The Hall–Kier alpha value is -3.24. The van der Waals surface area contributed by atoms with Gasteiger partial charge in [-0.25, -0.2) is 14.8 Å². The van der Waals surface area contributed by atoms with Crippen LogP contribution in [0.5, 0.6) is 0 Å². The molecule has 212 valence electrons. The van der Waals surface area contributed by atoms with Gasteiger partial charge in [-0.05, 0) is 50.2 Å². The molecule has 0 bridgehead atoms. The summed E-state index contributed by atoms with van der Waals surface area (Å²) < 4.78 is 12.8. The number of fused-ring (bicyclic) bond motifs is 1. The molecule has 1 saturated heterocycles. The number of halogens is 1. The van der Waals surface area contributed by atoms with Gasteiger partial charge in [0.2, 0.25) is 11.8 Å². The second kappa shape index (κ2) is 11.3. The summed E-state index contributed by atoms with van der Waals surface area (Å²) in [5.41, 5.74) is 3.64. The fraction of sp³-hybridized carbons (Fsp3) is 0.552. The van der Waals surface area contributed by atoms with Crippen molar-refractivity contribution in [2.75, 3.05) is 18.6 Å². The molecule has 0 amide bonds. The highest BCUT2D eigenvalue weighted by atomic mass is 35.5. The molecule has 5 heterocycles. The van der Waals surface area contributed by atoms with E-state index in [-0.39, 0.29) is 18.0 Å². The van der Waals surface area contributed by atoms with Crippen LogP contribution in [-0.2, 0) is 11.3 Å². The first-order valence-electron chi connectivity index (χ1n) is 14.3. The Bertz CT molecular complexity index is 1540.